The van der Waals surface area contributed by atoms with Gasteiger partial charge in [0, 0.05) is 18.4 Å². The van der Waals surface area contributed by atoms with E-state index in [0.717, 1.165) is 18.5 Å². The van der Waals surface area contributed by atoms with Gasteiger partial charge in [-0.05, 0) is 36.2 Å². The molecule has 0 aliphatic carbocycles. The third kappa shape index (κ3) is 3.69. The first-order valence-electron chi connectivity index (χ1n) is 6.28. The van der Waals surface area contributed by atoms with Gasteiger partial charge in [-0.2, -0.15) is 0 Å². The fourth-order valence-corrected chi connectivity index (χ4v) is 2.52. The Labute approximate surface area is 123 Å². The lowest BCUT2D eigenvalue weighted by Crippen LogP contribution is -2.23. The number of hydrogen-bond acceptors (Lipinski definition) is 2. The molecule has 0 spiro atoms. The number of pyridine rings is 1. The Balaban J connectivity index is 2.27. The molecule has 1 aromatic heterocycles. The van der Waals surface area contributed by atoms with Crippen molar-refractivity contribution in [2.75, 3.05) is 6.54 Å². The van der Waals surface area contributed by atoms with E-state index in [1.165, 1.54) is 5.56 Å². The van der Waals surface area contributed by atoms with E-state index in [0.29, 0.717) is 10.0 Å². The van der Waals surface area contributed by atoms with E-state index < -0.39 is 0 Å². The number of rotatable bonds is 5. The van der Waals surface area contributed by atoms with Crippen molar-refractivity contribution < 1.29 is 0 Å². The third-order valence-electron chi connectivity index (χ3n) is 2.97. The first-order chi connectivity index (χ1) is 9.22. The van der Waals surface area contributed by atoms with Crippen LogP contribution in [0, 0.1) is 0 Å². The van der Waals surface area contributed by atoms with E-state index >= 15 is 0 Å². The molecule has 1 unspecified atom stereocenters. The molecule has 0 saturated carbocycles. The predicted molar refractivity (Wildman–Crippen MR) is 80.8 cm³/mol. The molecule has 0 aliphatic heterocycles. The number of benzene rings is 1. The highest BCUT2D eigenvalue weighted by Crippen LogP contribution is 2.31. The van der Waals surface area contributed by atoms with E-state index in [1.54, 1.807) is 12.3 Å². The zero-order valence-electron chi connectivity index (χ0n) is 10.7. The zero-order valence-corrected chi connectivity index (χ0v) is 12.2. The van der Waals surface area contributed by atoms with Crippen LogP contribution in [0.3, 0.4) is 0 Å². The van der Waals surface area contributed by atoms with Gasteiger partial charge < -0.3 is 5.32 Å². The number of likely N-dealkylation sites (N-methyl/N-ethyl adjacent to an activating group) is 1. The van der Waals surface area contributed by atoms with Crippen molar-refractivity contribution >= 4 is 23.2 Å². The van der Waals surface area contributed by atoms with Crippen LogP contribution in [-0.4, -0.2) is 11.5 Å². The van der Waals surface area contributed by atoms with Crippen LogP contribution in [0.2, 0.25) is 10.0 Å². The van der Waals surface area contributed by atoms with E-state index in [2.05, 4.69) is 23.3 Å². The molecule has 0 fully saturated rings. The van der Waals surface area contributed by atoms with Crippen LogP contribution >= 0.6 is 23.2 Å². The van der Waals surface area contributed by atoms with Crippen LogP contribution in [0.4, 0.5) is 0 Å². The van der Waals surface area contributed by atoms with Gasteiger partial charge in [-0.1, -0.05) is 48.3 Å². The summed E-state index contributed by atoms with van der Waals surface area (Å²) in [7, 11) is 0. The lowest BCUT2D eigenvalue weighted by Gasteiger charge is -2.20. The maximum atomic E-state index is 6.30. The highest BCUT2D eigenvalue weighted by molar-refractivity contribution is 6.42. The fourth-order valence-electron chi connectivity index (χ4n) is 2.08. The maximum Gasteiger partial charge on any atom is 0.0640 e. The molecule has 2 nitrogen and oxygen atoms in total. The Kier molecular flexibility index (Phi) is 5.20. The molecule has 2 rings (SSSR count). The summed E-state index contributed by atoms with van der Waals surface area (Å²) in [5.41, 5.74) is 2.20. The Morgan fingerprint density at radius 3 is 2.74 bits per heavy atom. The van der Waals surface area contributed by atoms with Gasteiger partial charge >= 0.3 is 0 Å². The molecule has 1 atom stereocenters. The van der Waals surface area contributed by atoms with Crippen molar-refractivity contribution in [2.45, 2.75) is 19.4 Å². The minimum absolute atomic E-state index is 0.139. The van der Waals surface area contributed by atoms with Crippen molar-refractivity contribution in [3.63, 3.8) is 0 Å². The number of halogens is 2. The standard InChI is InChI=1S/C15H16Cl2N2/c1-2-19-14(9-11-5-4-8-18-10-11)12-6-3-7-13(16)15(12)17/h3-8,10,14,19H,2,9H2,1H3. The molecule has 0 aliphatic rings. The lowest BCUT2D eigenvalue weighted by atomic mass is 9.99. The molecule has 4 heteroatoms. The topological polar surface area (TPSA) is 24.9 Å². The second kappa shape index (κ2) is 6.90. The highest BCUT2D eigenvalue weighted by atomic mass is 35.5. The second-order valence-electron chi connectivity index (χ2n) is 4.32. The largest absolute Gasteiger partial charge is 0.310 e. The maximum absolute atomic E-state index is 6.30. The van der Waals surface area contributed by atoms with E-state index in [9.17, 15) is 0 Å². The van der Waals surface area contributed by atoms with Crippen LogP contribution in [0.15, 0.2) is 42.7 Å². The van der Waals surface area contributed by atoms with Crippen molar-refractivity contribution in [1.82, 2.24) is 10.3 Å². The predicted octanol–water partition coefficient (Wildman–Crippen LogP) is 4.28. The average Bonchev–Trinajstić information content (AvgIpc) is 2.43. The Bertz CT molecular complexity index is 529. The number of nitrogens with one attached hydrogen (secondary N) is 1. The summed E-state index contributed by atoms with van der Waals surface area (Å²) in [6, 6.07) is 9.89. The van der Waals surface area contributed by atoms with Crippen LogP contribution < -0.4 is 5.32 Å². The monoisotopic (exact) mass is 294 g/mol. The minimum Gasteiger partial charge on any atom is -0.310 e. The first-order valence-corrected chi connectivity index (χ1v) is 7.04. The van der Waals surface area contributed by atoms with Crippen molar-refractivity contribution in [3.05, 3.63) is 63.9 Å². The van der Waals surface area contributed by atoms with Crippen molar-refractivity contribution in [2.24, 2.45) is 0 Å². The van der Waals surface area contributed by atoms with Crippen molar-refractivity contribution in [1.29, 1.82) is 0 Å². The molecule has 0 saturated heterocycles. The van der Waals surface area contributed by atoms with Gasteiger partial charge in [0.15, 0.2) is 0 Å². The fraction of sp³-hybridized carbons (Fsp3) is 0.267. The molecule has 100 valence electrons. The van der Waals surface area contributed by atoms with Gasteiger partial charge in [-0.3, -0.25) is 4.98 Å². The minimum atomic E-state index is 0.139. The Morgan fingerprint density at radius 2 is 2.05 bits per heavy atom. The van der Waals surface area contributed by atoms with E-state index in [1.807, 2.05) is 24.4 Å². The molecule has 1 N–H and O–H groups in total. The molecule has 19 heavy (non-hydrogen) atoms. The van der Waals surface area contributed by atoms with Crippen LogP contribution in [0.1, 0.15) is 24.1 Å². The van der Waals surface area contributed by atoms with E-state index in [-0.39, 0.29) is 6.04 Å². The zero-order chi connectivity index (χ0) is 13.7. The summed E-state index contributed by atoms with van der Waals surface area (Å²) in [4.78, 5) is 4.14. The summed E-state index contributed by atoms with van der Waals surface area (Å²) in [6.07, 6.45) is 4.49. The van der Waals surface area contributed by atoms with E-state index in [4.69, 9.17) is 23.2 Å². The molecule has 0 radical (unpaired) electrons. The Morgan fingerprint density at radius 1 is 1.21 bits per heavy atom. The summed E-state index contributed by atoms with van der Waals surface area (Å²) >= 11 is 12.4. The quantitative estimate of drug-likeness (QED) is 0.890. The number of nitrogens with zero attached hydrogens (tertiary/aromatic N) is 1. The molecular formula is C15H16Cl2N2. The average molecular weight is 295 g/mol. The number of hydrogen-bond donors (Lipinski definition) is 1. The smallest absolute Gasteiger partial charge is 0.0640 e. The van der Waals surface area contributed by atoms with Crippen LogP contribution in [0.5, 0.6) is 0 Å². The molecule has 1 heterocycles. The molecule has 2 aromatic rings. The SMILES string of the molecule is CCNC(Cc1cccnc1)c1cccc(Cl)c1Cl. The van der Waals surface area contributed by atoms with Gasteiger partial charge in [-0.25, -0.2) is 0 Å². The van der Waals surface area contributed by atoms with Gasteiger partial charge in [-0.15, -0.1) is 0 Å². The number of aromatic nitrogens is 1. The Hall–Kier alpha value is -1.09. The second-order valence-corrected chi connectivity index (χ2v) is 5.10. The molecule has 1 aromatic carbocycles. The van der Waals surface area contributed by atoms with Crippen LogP contribution in [-0.2, 0) is 6.42 Å². The van der Waals surface area contributed by atoms with Crippen molar-refractivity contribution in [3.8, 4) is 0 Å². The summed E-state index contributed by atoms with van der Waals surface area (Å²) in [5, 5.41) is 4.66. The summed E-state index contributed by atoms with van der Waals surface area (Å²) < 4.78 is 0. The normalized spacial score (nSPS) is 12.4. The highest BCUT2D eigenvalue weighted by Gasteiger charge is 2.16. The molecule has 0 bridgehead atoms. The first kappa shape index (κ1) is 14.3. The van der Waals surface area contributed by atoms with Gasteiger partial charge in [0.2, 0.25) is 0 Å². The molecule has 0 amide bonds. The summed E-state index contributed by atoms with van der Waals surface area (Å²) in [6.45, 7) is 2.95. The third-order valence-corrected chi connectivity index (χ3v) is 3.80. The van der Waals surface area contributed by atoms with Gasteiger partial charge in [0.1, 0.15) is 0 Å². The van der Waals surface area contributed by atoms with Gasteiger partial charge in [0.05, 0.1) is 10.0 Å². The van der Waals surface area contributed by atoms with Gasteiger partial charge in [0.25, 0.3) is 0 Å². The van der Waals surface area contributed by atoms with Crippen LogP contribution in [0.25, 0.3) is 0 Å². The lowest BCUT2D eigenvalue weighted by molar-refractivity contribution is 0.549. The molecular weight excluding hydrogens is 279 g/mol. The summed E-state index contributed by atoms with van der Waals surface area (Å²) in [5.74, 6) is 0.